The van der Waals surface area contributed by atoms with E-state index in [1.807, 2.05) is 30.3 Å². The highest BCUT2D eigenvalue weighted by Gasteiger charge is 2.08. The molecule has 21 heavy (non-hydrogen) atoms. The van der Waals surface area contributed by atoms with E-state index < -0.39 is 0 Å². The van der Waals surface area contributed by atoms with E-state index in [1.54, 1.807) is 13.2 Å². The quantitative estimate of drug-likeness (QED) is 0.879. The van der Waals surface area contributed by atoms with Crippen LogP contribution in [-0.2, 0) is 6.54 Å². The van der Waals surface area contributed by atoms with Crippen molar-refractivity contribution in [3.63, 3.8) is 0 Å². The first-order chi connectivity index (χ1) is 10.1. The first-order valence-corrected chi connectivity index (χ1v) is 6.83. The highest BCUT2D eigenvalue weighted by molar-refractivity contribution is 5.31. The molecule has 2 aromatic rings. The monoisotopic (exact) mass is 289 g/mol. The Bertz CT molecular complexity index is 601. The molecule has 0 bridgehead atoms. The normalized spacial score (nSPS) is 12.0. The van der Waals surface area contributed by atoms with Crippen LogP contribution in [0.5, 0.6) is 11.5 Å². The maximum Gasteiger partial charge on any atom is 0.165 e. The van der Waals surface area contributed by atoms with Crippen molar-refractivity contribution in [3.8, 4) is 11.5 Å². The van der Waals surface area contributed by atoms with E-state index in [4.69, 9.17) is 9.47 Å². The SMILES string of the molecule is COc1cccc([C@H](C)NCc2ccc(OC)c(F)c2)c1. The molecule has 0 saturated carbocycles. The summed E-state index contributed by atoms with van der Waals surface area (Å²) < 4.78 is 23.8. The van der Waals surface area contributed by atoms with E-state index in [0.717, 1.165) is 16.9 Å². The van der Waals surface area contributed by atoms with Crippen molar-refractivity contribution in [2.24, 2.45) is 0 Å². The molecule has 4 heteroatoms. The van der Waals surface area contributed by atoms with Gasteiger partial charge in [-0.25, -0.2) is 4.39 Å². The lowest BCUT2D eigenvalue weighted by molar-refractivity contribution is 0.386. The van der Waals surface area contributed by atoms with Crippen LogP contribution in [0.15, 0.2) is 42.5 Å². The van der Waals surface area contributed by atoms with Gasteiger partial charge in [0.15, 0.2) is 11.6 Å². The van der Waals surface area contributed by atoms with Crippen LogP contribution >= 0.6 is 0 Å². The molecule has 0 saturated heterocycles. The third-order valence-electron chi connectivity index (χ3n) is 3.42. The van der Waals surface area contributed by atoms with Gasteiger partial charge in [-0.15, -0.1) is 0 Å². The van der Waals surface area contributed by atoms with E-state index in [1.165, 1.54) is 13.2 Å². The van der Waals surface area contributed by atoms with Gasteiger partial charge in [-0.05, 0) is 42.3 Å². The van der Waals surface area contributed by atoms with Gasteiger partial charge in [0.2, 0.25) is 0 Å². The topological polar surface area (TPSA) is 30.5 Å². The number of rotatable bonds is 6. The second kappa shape index (κ2) is 7.09. The third-order valence-corrected chi connectivity index (χ3v) is 3.42. The Kier molecular flexibility index (Phi) is 5.17. The molecule has 0 aliphatic heterocycles. The molecule has 0 amide bonds. The van der Waals surface area contributed by atoms with Crippen LogP contribution in [0, 0.1) is 5.82 Å². The average Bonchev–Trinajstić information content (AvgIpc) is 2.52. The number of ether oxygens (including phenoxy) is 2. The van der Waals surface area contributed by atoms with Crippen LogP contribution < -0.4 is 14.8 Å². The lowest BCUT2D eigenvalue weighted by Gasteiger charge is -2.15. The predicted octanol–water partition coefficient (Wildman–Crippen LogP) is 3.69. The van der Waals surface area contributed by atoms with Crippen LogP contribution in [0.3, 0.4) is 0 Å². The molecule has 112 valence electrons. The Labute approximate surface area is 124 Å². The first-order valence-electron chi connectivity index (χ1n) is 6.83. The van der Waals surface area contributed by atoms with Gasteiger partial charge in [0.05, 0.1) is 14.2 Å². The van der Waals surface area contributed by atoms with E-state index in [-0.39, 0.29) is 17.6 Å². The summed E-state index contributed by atoms with van der Waals surface area (Å²) in [6, 6.07) is 13.0. The number of benzene rings is 2. The van der Waals surface area contributed by atoms with Crippen LogP contribution in [-0.4, -0.2) is 14.2 Å². The summed E-state index contributed by atoms with van der Waals surface area (Å²) in [4.78, 5) is 0. The Balaban J connectivity index is 2.00. The maximum atomic E-state index is 13.6. The summed E-state index contributed by atoms with van der Waals surface area (Å²) in [5.74, 6) is 0.752. The highest BCUT2D eigenvalue weighted by Crippen LogP contribution is 2.20. The predicted molar refractivity (Wildman–Crippen MR) is 81.2 cm³/mol. The van der Waals surface area contributed by atoms with Gasteiger partial charge in [-0.1, -0.05) is 18.2 Å². The Morgan fingerprint density at radius 3 is 2.57 bits per heavy atom. The zero-order valence-corrected chi connectivity index (χ0v) is 12.5. The second-order valence-corrected chi connectivity index (χ2v) is 4.85. The van der Waals surface area contributed by atoms with Crippen molar-refractivity contribution in [2.45, 2.75) is 19.5 Å². The summed E-state index contributed by atoms with van der Waals surface area (Å²) in [5, 5.41) is 3.37. The van der Waals surface area contributed by atoms with Crippen molar-refractivity contribution in [2.75, 3.05) is 14.2 Å². The third kappa shape index (κ3) is 3.95. The molecule has 1 N–H and O–H groups in total. The van der Waals surface area contributed by atoms with Gasteiger partial charge in [0, 0.05) is 12.6 Å². The second-order valence-electron chi connectivity index (χ2n) is 4.85. The van der Waals surface area contributed by atoms with E-state index in [0.29, 0.717) is 6.54 Å². The summed E-state index contributed by atoms with van der Waals surface area (Å²) in [7, 11) is 3.11. The Morgan fingerprint density at radius 1 is 1.10 bits per heavy atom. The summed E-state index contributed by atoms with van der Waals surface area (Å²) >= 11 is 0. The molecule has 0 aliphatic rings. The fraction of sp³-hybridized carbons (Fsp3) is 0.294. The summed E-state index contributed by atoms with van der Waals surface area (Å²) in [6.45, 7) is 2.65. The maximum absolute atomic E-state index is 13.6. The average molecular weight is 289 g/mol. The number of halogens is 1. The van der Waals surface area contributed by atoms with Gasteiger partial charge in [-0.3, -0.25) is 0 Å². The molecule has 2 aromatic carbocycles. The van der Waals surface area contributed by atoms with Gasteiger partial charge in [0.1, 0.15) is 5.75 Å². The minimum atomic E-state index is -0.342. The fourth-order valence-corrected chi connectivity index (χ4v) is 2.12. The first kappa shape index (κ1) is 15.3. The zero-order chi connectivity index (χ0) is 15.2. The fourth-order valence-electron chi connectivity index (χ4n) is 2.12. The van der Waals surface area contributed by atoms with Crippen molar-refractivity contribution in [1.29, 1.82) is 0 Å². The zero-order valence-electron chi connectivity index (χ0n) is 12.5. The molecule has 1 atom stereocenters. The van der Waals surface area contributed by atoms with Crippen LogP contribution in [0.25, 0.3) is 0 Å². The minimum Gasteiger partial charge on any atom is -0.497 e. The van der Waals surface area contributed by atoms with Crippen molar-refractivity contribution < 1.29 is 13.9 Å². The molecule has 0 spiro atoms. The van der Waals surface area contributed by atoms with E-state index in [2.05, 4.69) is 12.2 Å². The summed E-state index contributed by atoms with van der Waals surface area (Å²) in [5.41, 5.74) is 2.01. The summed E-state index contributed by atoms with van der Waals surface area (Å²) in [6.07, 6.45) is 0. The molecule has 3 nitrogen and oxygen atoms in total. The number of nitrogens with one attached hydrogen (secondary N) is 1. The van der Waals surface area contributed by atoms with Crippen molar-refractivity contribution >= 4 is 0 Å². The molecule has 0 heterocycles. The molecular weight excluding hydrogens is 269 g/mol. The van der Waals surface area contributed by atoms with E-state index >= 15 is 0 Å². The van der Waals surface area contributed by atoms with Crippen LogP contribution in [0.1, 0.15) is 24.1 Å². The molecule has 0 unspecified atom stereocenters. The molecule has 0 radical (unpaired) electrons. The molecule has 0 aromatic heterocycles. The Morgan fingerprint density at radius 2 is 1.90 bits per heavy atom. The molecular formula is C17H20FNO2. The van der Waals surface area contributed by atoms with Crippen molar-refractivity contribution in [3.05, 3.63) is 59.4 Å². The smallest absolute Gasteiger partial charge is 0.165 e. The van der Waals surface area contributed by atoms with Crippen LogP contribution in [0.2, 0.25) is 0 Å². The number of hydrogen-bond acceptors (Lipinski definition) is 3. The standard InChI is InChI=1S/C17H20FNO2/c1-12(14-5-4-6-15(10-14)20-2)19-11-13-7-8-17(21-3)16(18)9-13/h4-10,12,19H,11H2,1-3H3/t12-/m0/s1. The number of methoxy groups -OCH3 is 2. The highest BCUT2D eigenvalue weighted by atomic mass is 19.1. The minimum absolute atomic E-state index is 0.144. The van der Waals surface area contributed by atoms with E-state index in [9.17, 15) is 4.39 Å². The number of hydrogen-bond donors (Lipinski definition) is 1. The van der Waals surface area contributed by atoms with Gasteiger partial charge in [0.25, 0.3) is 0 Å². The van der Waals surface area contributed by atoms with Crippen molar-refractivity contribution in [1.82, 2.24) is 5.32 Å². The Hall–Kier alpha value is -2.07. The lowest BCUT2D eigenvalue weighted by atomic mass is 10.1. The molecule has 0 fully saturated rings. The van der Waals surface area contributed by atoms with Gasteiger partial charge in [-0.2, -0.15) is 0 Å². The largest absolute Gasteiger partial charge is 0.497 e. The lowest BCUT2D eigenvalue weighted by Crippen LogP contribution is -2.18. The van der Waals surface area contributed by atoms with Gasteiger partial charge >= 0.3 is 0 Å². The van der Waals surface area contributed by atoms with Crippen LogP contribution in [0.4, 0.5) is 4.39 Å². The van der Waals surface area contributed by atoms with Gasteiger partial charge < -0.3 is 14.8 Å². The molecule has 0 aliphatic carbocycles. The molecule has 2 rings (SSSR count).